The lowest BCUT2D eigenvalue weighted by Gasteiger charge is -2.23. The van der Waals surface area contributed by atoms with E-state index in [2.05, 4.69) is 0 Å². The van der Waals surface area contributed by atoms with E-state index < -0.39 is 0 Å². The molecule has 16 heavy (non-hydrogen) atoms. The van der Waals surface area contributed by atoms with Crippen molar-refractivity contribution in [2.24, 2.45) is 5.73 Å². The van der Waals surface area contributed by atoms with E-state index in [1.165, 1.54) is 5.57 Å². The second kappa shape index (κ2) is 3.77. The van der Waals surface area contributed by atoms with Gasteiger partial charge in [-0.15, -0.1) is 0 Å². The summed E-state index contributed by atoms with van der Waals surface area (Å²) in [5.74, 6) is 0. The molecule has 0 aliphatic carbocycles. The highest BCUT2D eigenvalue weighted by molar-refractivity contribution is 6.57. The first-order valence-corrected chi connectivity index (χ1v) is 5.54. The molecule has 1 unspecified atom stereocenters. The van der Waals surface area contributed by atoms with E-state index in [1.807, 2.05) is 19.1 Å². The molecule has 0 spiro atoms. The molecule has 3 rings (SSSR count). The Bertz CT molecular complexity index is 402. The molecule has 84 valence electrons. The predicted octanol–water partition coefficient (Wildman–Crippen LogP) is 0.557. The Morgan fingerprint density at radius 1 is 1.56 bits per heavy atom. The molecular weight excluding hydrogens is 205 g/mol. The Labute approximate surface area is 94.9 Å². The molecule has 2 N–H and O–H groups in total. The topological polar surface area (TPSA) is 53.7 Å². The fourth-order valence-electron chi connectivity index (χ4n) is 2.31. The van der Waals surface area contributed by atoms with Crippen molar-refractivity contribution in [1.82, 2.24) is 0 Å². The van der Waals surface area contributed by atoms with Crippen LogP contribution in [0.25, 0.3) is 0 Å². The summed E-state index contributed by atoms with van der Waals surface area (Å²) in [7, 11) is -0.266. The van der Waals surface area contributed by atoms with Gasteiger partial charge in [-0.05, 0) is 35.7 Å². The van der Waals surface area contributed by atoms with E-state index in [-0.39, 0.29) is 19.3 Å². The first-order chi connectivity index (χ1) is 7.79. The maximum atomic E-state index is 5.73. The molecular formula is C11H14BNO3. The van der Waals surface area contributed by atoms with Crippen molar-refractivity contribution < 1.29 is 14.0 Å². The van der Waals surface area contributed by atoms with Crippen LogP contribution in [-0.4, -0.2) is 32.5 Å². The number of ether oxygens (including phenoxy) is 1. The van der Waals surface area contributed by atoms with Crippen LogP contribution >= 0.6 is 0 Å². The summed E-state index contributed by atoms with van der Waals surface area (Å²) in [6, 6.07) is 0. The fourth-order valence-corrected chi connectivity index (χ4v) is 2.31. The minimum atomic E-state index is -0.266. The van der Waals surface area contributed by atoms with Gasteiger partial charge in [-0.2, -0.15) is 0 Å². The molecule has 5 heteroatoms. The molecule has 0 fully saturated rings. The Morgan fingerprint density at radius 3 is 3.25 bits per heavy atom. The predicted molar refractivity (Wildman–Crippen MR) is 60.4 cm³/mol. The minimum absolute atomic E-state index is 0.0557. The zero-order valence-electron chi connectivity index (χ0n) is 9.18. The lowest BCUT2D eigenvalue weighted by Crippen LogP contribution is -2.36. The molecule has 2 atom stereocenters. The quantitative estimate of drug-likeness (QED) is 0.654. The van der Waals surface area contributed by atoms with Crippen LogP contribution in [-0.2, 0) is 14.0 Å². The molecule has 0 bridgehead atoms. The van der Waals surface area contributed by atoms with Crippen LogP contribution in [0.4, 0.5) is 0 Å². The van der Waals surface area contributed by atoms with Gasteiger partial charge in [-0.3, -0.25) is 0 Å². The average molecular weight is 219 g/mol. The van der Waals surface area contributed by atoms with E-state index in [9.17, 15) is 0 Å². The number of allylic oxidation sites excluding steroid dienone is 3. The van der Waals surface area contributed by atoms with Gasteiger partial charge in [0.1, 0.15) is 6.10 Å². The van der Waals surface area contributed by atoms with Crippen molar-refractivity contribution in [2.45, 2.75) is 19.1 Å². The molecule has 3 aliphatic heterocycles. The van der Waals surface area contributed by atoms with Gasteiger partial charge < -0.3 is 19.8 Å². The van der Waals surface area contributed by atoms with E-state index in [4.69, 9.17) is 19.8 Å². The molecule has 3 heterocycles. The Balaban J connectivity index is 2.07. The number of hydrogen-bond acceptors (Lipinski definition) is 4. The van der Waals surface area contributed by atoms with Crippen LogP contribution in [0.1, 0.15) is 6.92 Å². The molecule has 3 aliphatic rings. The zero-order valence-corrected chi connectivity index (χ0v) is 9.18. The number of hydrogen-bond donors (Lipinski definition) is 1. The summed E-state index contributed by atoms with van der Waals surface area (Å²) in [6.07, 6.45) is 5.73. The second-order valence-electron chi connectivity index (χ2n) is 4.20. The third kappa shape index (κ3) is 1.43. The average Bonchev–Trinajstić information content (AvgIpc) is 2.65. The smallest absolute Gasteiger partial charge is 0.494 e. The monoisotopic (exact) mass is 219 g/mol. The largest absolute Gasteiger partial charge is 0.495 e. The lowest BCUT2D eigenvalue weighted by atomic mass is 9.70. The first kappa shape index (κ1) is 10.1. The third-order valence-electron chi connectivity index (χ3n) is 3.20. The summed E-state index contributed by atoms with van der Waals surface area (Å²) in [5.41, 5.74) is 9.06. The maximum Gasteiger partial charge on any atom is 0.495 e. The summed E-state index contributed by atoms with van der Waals surface area (Å²) < 4.78 is 16.9. The van der Waals surface area contributed by atoms with Gasteiger partial charge in [0.05, 0.1) is 19.0 Å². The van der Waals surface area contributed by atoms with Gasteiger partial charge >= 0.3 is 7.12 Å². The van der Waals surface area contributed by atoms with Crippen molar-refractivity contribution in [1.29, 1.82) is 0 Å². The van der Waals surface area contributed by atoms with Crippen LogP contribution in [0.15, 0.2) is 35.0 Å². The Kier molecular flexibility index (Phi) is 2.39. The number of rotatable bonds is 1. The molecule has 0 radical (unpaired) electrons. The highest BCUT2D eigenvalue weighted by atomic mass is 16.6. The number of nitrogens with two attached hydrogens (primary N) is 1. The van der Waals surface area contributed by atoms with E-state index in [1.54, 1.807) is 6.26 Å². The van der Waals surface area contributed by atoms with Crippen LogP contribution in [0, 0.1) is 0 Å². The molecule has 0 aromatic rings. The highest BCUT2D eigenvalue weighted by Crippen LogP contribution is 2.35. The van der Waals surface area contributed by atoms with Gasteiger partial charge in [-0.25, -0.2) is 0 Å². The van der Waals surface area contributed by atoms with Gasteiger partial charge in [0.15, 0.2) is 0 Å². The maximum absolute atomic E-state index is 5.73. The standard InChI is InChI=1S/C11H14BNO3/c1-7-10-6-15-12-11(10)8(2-3-14-7)4-9(5-13)16-12/h2-4,7,9H,5-6,13H2,1H3/t7?,9-/m0/s1. The molecule has 0 aromatic carbocycles. The minimum Gasteiger partial charge on any atom is -0.494 e. The normalized spacial score (nSPS) is 32.1. The summed E-state index contributed by atoms with van der Waals surface area (Å²) >= 11 is 0. The lowest BCUT2D eigenvalue weighted by molar-refractivity contribution is 0.165. The summed E-state index contributed by atoms with van der Waals surface area (Å²) in [5, 5.41) is 0. The van der Waals surface area contributed by atoms with Crippen LogP contribution in [0.5, 0.6) is 0 Å². The molecule has 4 nitrogen and oxygen atoms in total. The van der Waals surface area contributed by atoms with Crippen molar-refractivity contribution in [3.8, 4) is 0 Å². The van der Waals surface area contributed by atoms with Crippen LogP contribution in [0.2, 0.25) is 0 Å². The Hall–Kier alpha value is -1.04. The van der Waals surface area contributed by atoms with Gasteiger partial charge in [-0.1, -0.05) is 0 Å². The zero-order chi connectivity index (χ0) is 11.1. The molecule has 0 saturated heterocycles. The summed E-state index contributed by atoms with van der Waals surface area (Å²) in [4.78, 5) is 0. The van der Waals surface area contributed by atoms with Crippen molar-refractivity contribution >= 4 is 7.12 Å². The van der Waals surface area contributed by atoms with E-state index in [0.29, 0.717) is 13.2 Å². The fraction of sp³-hybridized carbons (Fsp3) is 0.455. The molecule has 0 amide bonds. The van der Waals surface area contributed by atoms with Crippen molar-refractivity contribution in [2.75, 3.05) is 13.2 Å². The summed E-state index contributed by atoms with van der Waals surface area (Å²) in [6.45, 7) is 3.07. The van der Waals surface area contributed by atoms with Crippen molar-refractivity contribution in [3.05, 3.63) is 35.0 Å². The van der Waals surface area contributed by atoms with E-state index in [0.717, 1.165) is 11.0 Å². The highest BCUT2D eigenvalue weighted by Gasteiger charge is 2.41. The second-order valence-corrected chi connectivity index (χ2v) is 4.20. The van der Waals surface area contributed by atoms with Gasteiger partial charge in [0, 0.05) is 6.54 Å². The SMILES string of the molecule is CC1OC=CC2=C[C@@H](CN)OB3OCC1=C32. The molecule has 0 saturated carbocycles. The Morgan fingerprint density at radius 2 is 2.44 bits per heavy atom. The third-order valence-corrected chi connectivity index (χ3v) is 3.20. The van der Waals surface area contributed by atoms with Gasteiger partial charge in [0.2, 0.25) is 0 Å². The van der Waals surface area contributed by atoms with E-state index >= 15 is 0 Å². The van der Waals surface area contributed by atoms with Crippen LogP contribution in [0.3, 0.4) is 0 Å². The van der Waals surface area contributed by atoms with Gasteiger partial charge in [0.25, 0.3) is 0 Å². The van der Waals surface area contributed by atoms with Crippen molar-refractivity contribution in [3.63, 3.8) is 0 Å². The van der Waals surface area contributed by atoms with Crippen LogP contribution < -0.4 is 5.73 Å². The molecule has 0 aromatic heterocycles. The first-order valence-electron chi connectivity index (χ1n) is 5.54.